The number of likely N-dealkylation sites (tertiary alicyclic amines) is 1. The van der Waals surface area contributed by atoms with Gasteiger partial charge in [0.2, 0.25) is 0 Å². The van der Waals surface area contributed by atoms with Gasteiger partial charge in [0.1, 0.15) is 0 Å². The summed E-state index contributed by atoms with van der Waals surface area (Å²) in [7, 11) is 0. The third-order valence-corrected chi connectivity index (χ3v) is 3.90. The highest BCUT2D eigenvalue weighted by molar-refractivity contribution is 6.33. The van der Waals surface area contributed by atoms with Crippen LogP contribution in [0, 0.1) is 18.3 Å². The first-order valence-electron chi connectivity index (χ1n) is 6.76. The van der Waals surface area contributed by atoms with Gasteiger partial charge in [-0.25, -0.2) is 0 Å². The molecule has 0 unspecified atom stereocenters. The van der Waals surface area contributed by atoms with E-state index >= 15 is 0 Å². The fourth-order valence-electron chi connectivity index (χ4n) is 2.40. The fourth-order valence-corrected chi connectivity index (χ4v) is 2.72. The number of nitriles is 1. The monoisotopic (exact) mass is 291 g/mol. The highest BCUT2D eigenvalue weighted by atomic mass is 35.5. The van der Waals surface area contributed by atoms with Gasteiger partial charge in [0, 0.05) is 19.1 Å². The number of benzene rings is 1. The minimum absolute atomic E-state index is 0.117. The molecule has 1 aromatic carbocycles. The molecule has 1 saturated heterocycles. The van der Waals surface area contributed by atoms with Gasteiger partial charge in [-0.3, -0.25) is 9.69 Å². The average molecular weight is 292 g/mol. The molecule has 0 aromatic heterocycles. The van der Waals surface area contributed by atoms with Crippen LogP contribution < -0.4 is 5.32 Å². The van der Waals surface area contributed by atoms with Crippen molar-refractivity contribution >= 4 is 17.5 Å². The van der Waals surface area contributed by atoms with Crippen molar-refractivity contribution in [2.24, 2.45) is 0 Å². The lowest BCUT2D eigenvalue weighted by atomic mass is 10.0. The first kappa shape index (κ1) is 14.8. The molecule has 1 amide bonds. The molecule has 0 saturated carbocycles. The second-order valence-corrected chi connectivity index (χ2v) is 5.57. The molecule has 0 atom stereocenters. The Kier molecular flexibility index (Phi) is 4.99. The zero-order valence-electron chi connectivity index (χ0n) is 11.5. The summed E-state index contributed by atoms with van der Waals surface area (Å²) in [6, 6.07) is 7.76. The lowest BCUT2D eigenvalue weighted by Gasteiger charge is -2.30. The zero-order chi connectivity index (χ0) is 14.5. The number of halogens is 1. The Morgan fingerprint density at radius 2 is 2.20 bits per heavy atom. The molecule has 1 heterocycles. The summed E-state index contributed by atoms with van der Waals surface area (Å²) >= 11 is 6.10. The van der Waals surface area contributed by atoms with Crippen molar-refractivity contribution in [2.45, 2.75) is 25.8 Å². The Morgan fingerprint density at radius 3 is 2.80 bits per heavy atom. The van der Waals surface area contributed by atoms with Crippen LogP contribution in [0.2, 0.25) is 5.02 Å². The number of carbonyl (C=O) groups is 1. The van der Waals surface area contributed by atoms with Crippen LogP contribution in [0.5, 0.6) is 0 Å². The van der Waals surface area contributed by atoms with Crippen LogP contribution in [-0.2, 0) is 0 Å². The van der Waals surface area contributed by atoms with E-state index < -0.39 is 0 Å². The number of hydrogen-bond acceptors (Lipinski definition) is 3. The van der Waals surface area contributed by atoms with E-state index in [1.54, 1.807) is 12.1 Å². The van der Waals surface area contributed by atoms with Crippen molar-refractivity contribution in [2.75, 3.05) is 19.6 Å². The van der Waals surface area contributed by atoms with Gasteiger partial charge in [-0.05, 0) is 37.5 Å². The van der Waals surface area contributed by atoms with E-state index in [1.165, 1.54) is 0 Å². The van der Waals surface area contributed by atoms with Gasteiger partial charge < -0.3 is 5.32 Å². The van der Waals surface area contributed by atoms with Gasteiger partial charge in [-0.1, -0.05) is 17.7 Å². The molecular weight excluding hydrogens is 274 g/mol. The van der Waals surface area contributed by atoms with Gasteiger partial charge >= 0.3 is 0 Å². The highest BCUT2D eigenvalue weighted by Crippen LogP contribution is 2.18. The Balaban J connectivity index is 1.91. The van der Waals surface area contributed by atoms with Crippen molar-refractivity contribution in [3.05, 3.63) is 34.3 Å². The van der Waals surface area contributed by atoms with Crippen LogP contribution in [0.25, 0.3) is 0 Å². The number of nitrogens with zero attached hydrogens (tertiary/aromatic N) is 2. The van der Waals surface area contributed by atoms with Gasteiger partial charge in [0.25, 0.3) is 5.91 Å². The molecule has 0 bridgehead atoms. The molecule has 106 valence electrons. The summed E-state index contributed by atoms with van der Waals surface area (Å²) in [5.74, 6) is -0.117. The summed E-state index contributed by atoms with van der Waals surface area (Å²) < 4.78 is 0. The molecule has 0 radical (unpaired) electrons. The summed E-state index contributed by atoms with van der Waals surface area (Å²) in [6.45, 7) is 4.10. The number of nitrogens with one attached hydrogen (secondary N) is 1. The van der Waals surface area contributed by atoms with Crippen LogP contribution in [-0.4, -0.2) is 36.5 Å². The summed E-state index contributed by atoms with van der Waals surface area (Å²) in [5.41, 5.74) is 1.56. The Labute approximate surface area is 124 Å². The molecular formula is C15H18ClN3O. The van der Waals surface area contributed by atoms with Gasteiger partial charge in [-0.15, -0.1) is 0 Å². The minimum Gasteiger partial charge on any atom is -0.349 e. The number of amides is 1. The molecule has 1 aliphatic rings. The maximum absolute atomic E-state index is 12.2. The maximum atomic E-state index is 12.2. The lowest BCUT2D eigenvalue weighted by Crippen LogP contribution is -2.44. The number of hydrogen-bond donors (Lipinski definition) is 1. The SMILES string of the molecule is Cc1ccc(C(=O)NC2CCN(CC#N)CC2)c(Cl)c1. The van der Waals surface area contributed by atoms with Crippen LogP contribution in [0.15, 0.2) is 18.2 Å². The third kappa shape index (κ3) is 3.72. The van der Waals surface area contributed by atoms with Gasteiger partial charge in [0.15, 0.2) is 0 Å². The Bertz CT molecular complexity index is 530. The second kappa shape index (κ2) is 6.74. The predicted octanol–water partition coefficient (Wildman–Crippen LogP) is 2.37. The van der Waals surface area contributed by atoms with E-state index in [2.05, 4.69) is 16.3 Å². The van der Waals surface area contributed by atoms with Crippen LogP contribution in [0.1, 0.15) is 28.8 Å². The molecule has 20 heavy (non-hydrogen) atoms. The number of aryl methyl sites for hydroxylation is 1. The molecule has 4 nitrogen and oxygen atoms in total. The van der Waals surface area contributed by atoms with Crippen molar-refractivity contribution in [3.8, 4) is 6.07 Å². The predicted molar refractivity (Wildman–Crippen MR) is 78.7 cm³/mol. The highest BCUT2D eigenvalue weighted by Gasteiger charge is 2.21. The smallest absolute Gasteiger partial charge is 0.253 e. The van der Waals surface area contributed by atoms with E-state index in [0.717, 1.165) is 31.5 Å². The quantitative estimate of drug-likeness (QED) is 0.870. The summed E-state index contributed by atoms with van der Waals surface area (Å²) in [5, 5.41) is 12.2. The molecule has 0 aliphatic carbocycles. The largest absolute Gasteiger partial charge is 0.349 e. The van der Waals surface area contributed by atoms with Gasteiger partial charge in [-0.2, -0.15) is 5.26 Å². The second-order valence-electron chi connectivity index (χ2n) is 5.17. The Hall–Kier alpha value is -1.57. The molecule has 1 aliphatic heterocycles. The first-order chi connectivity index (χ1) is 9.60. The number of rotatable bonds is 3. The standard InChI is InChI=1S/C15H18ClN3O/c1-11-2-3-13(14(16)10-11)15(20)18-12-4-7-19(8-5-12)9-6-17/h2-3,10,12H,4-5,7-9H2,1H3,(H,18,20). The van der Waals surface area contributed by atoms with Crippen molar-refractivity contribution in [1.29, 1.82) is 5.26 Å². The lowest BCUT2D eigenvalue weighted by molar-refractivity contribution is 0.0914. The van der Waals surface area contributed by atoms with Crippen molar-refractivity contribution < 1.29 is 4.79 Å². The van der Waals surface area contributed by atoms with E-state index in [0.29, 0.717) is 17.1 Å². The Morgan fingerprint density at radius 1 is 1.50 bits per heavy atom. The van der Waals surface area contributed by atoms with Gasteiger partial charge in [0.05, 0.1) is 23.2 Å². The van der Waals surface area contributed by atoms with Crippen LogP contribution >= 0.6 is 11.6 Å². The molecule has 1 N–H and O–H groups in total. The molecule has 1 aromatic rings. The van der Waals surface area contributed by atoms with E-state index in [-0.39, 0.29) is 11.9 Å². The fraction of sp³-hybridized carbons (Fsp3) is 0.467. The molecule has 5 heteroatoms. The molecule has 0 spiro atoms. The topological polar surface area (TPSA) is 56.1 Å². The normalized spacial score (nSPS) is 16.6. The number of piperidine rings is 1. The zero-order valence-corrected chi connectivity index (χ0v) is 12.3. The maximum Gasteiger partial charge on any atom is 0.253 e. The number of carbonyl (C=O) groups excluding carboxylic acids is 1. The molecule has 1 fully saturated rings. The first-order valence-corrected chi connectivity index (χ1v) is 7.14. The van der Waals surface area contributed by atoms with Crippen molar-refractivity contribution in [1.82, 2.24) is 10.2 Å². The summed E-state index contributed by atoms with van der Waals surface area (Å²) in [6.07, 6.45) is 1.74. The van der Waals surface area contributed by atoms with E-state index in [1.807, 2.05) is 13.0 Å². The molecule has 2 rings (SSSR count). The summed E-state index contributed by atoms with van der Waals surface area (Å²) in [4.78, 5) is 14.3. The van der Waals surface area contributed by atoms with E-state index in [9.17, 15) is 4.79 Å². The van der Waals surface area contributed by atoms with Crippen LogP contribution in [0.4, 0.5) is 0 Å². The van der Waals surface area contributed by atoms with E-state index in [4.69, 9.17) is 16.9 Å². The van der Waals surface area contributed by atoms with Crippen molar-refractivity contribution in [3.63, 3.8) is 0 Å². The van der Waals surface area contributed by atoms with Crippen LogP contribution in [0.3, 0.4) is 0 Å². The minimum atomic E-state index is -0.117. The average Bonchev–Trinajstić information content (AvgIpc) is 2.41. The third-order valence-electron chi connectivity index (χ3n) is 3.59.